The number of carbonyl (C=O) groups excluding carboxylic acids is 2. The molecule has 1 saturated heterocycles. The lowest BCUT2D eigenvalue weighted by molar-refractivity contribution is -0.142. The number of carboxylic acid groups (broad SMARTS) is 1. The lowest BCUT2D eigenvalue weighted by atomic mass is 10.1. The van der Waals surface area contributed by atoms with Crippen molar-refractivity contribution < 1.29 is 19.5 Å². The van der Waals surface area contributed by atoms with Crippen LogP contribution in [0.5, 0.6) is 0 Å². The summed E-state index contributed by atoms with van der Waals surface area (Å²) in [6.45, 7) is 0.716. The first-order valence-corrected chi connectivity index (χ1v) is 6.38. The predicted octanol–water partition coefficient (Wildman–Crippen LogP) is -1.04. The predicted molar refractivity (Wildman–Crippen MR) is 70.0 cm³/mol. The van der Waals surface area contributed by atoms with Crippen LogP contribution in [0.25, 0.3) is 0 Å². The van der Waals surface area contributed by atoms with Crippen molar-refractivity contribution in [1.82, 2.24) is 25.7 Å². The molecule has 1 aliphatic rings. The minimum absolute atomic E-state index is 0.157. The molecule has 2 heterocycles. The first kappa shape index (κ1) is 14.7. The van der Waals surface area contributed by atoms with E-state index in [0.717, 1.165) is 0 Å². The summed E-state index contributed by atoms with van der Waals surface area (Å²) >= 11 is 0. The molecule has 0 radical (unpaired) electrons. The van der Waals surface area contributed by atoms with Gasteiger partial charge in [-0.3, -0.25) is 9.59 Å². The van der Waals surface area contributed by atoms with Gasteiger partial charge in [-0.25, -0.2) is 4.79 Å². The Kier molecular flexibility index (Phi) is 4.64. The van der Waals surface area contributed by atoms with Gasteiger partial charge in [0.1, 0.15) is 6.04 Å². The maximum atomic E-state index is 12.1. The van der Waals surface area contributed by atoms with Crippen LogP contribution in [0.1, 0.15) is 12.1 Å². The Morgan fingerprint density at radius 3 is 3.00 bits per heavy atom. The van der Waals surface area contributed by atoms with Crippen molar-refractivity contribution >= 4 is 17.9 Å². The number of urea groups is 1. The van der Waals surface area contributed by atoms with E-state index >= 15 is 0 Å². The highest BCUT2D eigenvalue weighted by atomic mass is 16.4. The maximum Gasteiger partial charge on any atom is 0.318 e. The first-order chi connectivity index (χ1) is 10.1. The quantitative estimate of drug-likeness (QED) is 0.651. The molecule has 1 aliphatic heterocycles. The van der Waals surface area contributed by atoms with E-state index in [9.17, 15) is 14.4 Å². The molecular weight excluding hydrogens is 278 g/mol. The van der Waals surface area contributed by atoms with E-state index in [-0.39, 0.29) is 13.1 Å². The molecular formula is C12H15N5O4. The third-order valence-corrected chi connectivity index (χ3v) is 3.01. The second-order valence-corrected chi connectivity index (χ2v) is 4.47. The Labute approximate surface area is 120 Å². The van der Waals surface area contributed by atoms with Crippen LogP contribution in [0, 0.1) is 0 Å². The average Bonchev–Trinajstić information content (AvgIpc) is 2.47. The monoisotopic (exact) mass is 293 g/mol. The van der Waals surface area contributed by atoms with Crippen molar-refractivity contribution in [3.05, 3.63) is 24.0 Å². The number of carbonyl (C=O) groups is 3. The summed E-state index contributed by atoms with van der Waals surface area (Å²) < 4.78 is 0. The number of nitrogens with one attached hydrogen (secondary N) is 2. The second kappa shape index (κ2) is 6.64. The van der Waals surface area contributed by atoms with Gasteiger partial charge in [0.15, 0.2) is 0 Å². The smallest absolute Gasteiger partial charge is 0.318 e. The van der Waals surface area contributed by atoms with E-state index in [4.69, 9.17) is 5.11 Å². The van der Waals surface area contributed by atoms with Crippen LogP contribution in [0.2, 0.25) is 0 Å². The number of piperazine rings is 1. The summed E-state index contributed by atoms with van der Waals surface area (Å²) in [5, 5.41) is 21.5. The van der Waals surface area contributed by atoms with Gasteiger partial charge in [-0.2, -0.15) is 10.2 Å². The maximum absolute atomic E-state index is 12.1. The third kappa shape index (κ3) is 3.88. The van der Waals surface area contributed by atoms with Crippen molar-refractivity contribution in [3.63, 3.8) is 0 Å². The molecule has 21 heavy (non-hydrogen) atoms. The van der Waals surface area contributed by atoms with Crippen molar-refractivity contribution in [2.45, 2.75) is 19.0 Å². The summed E-state index contributed by atoms with van der Waals surface area (Å²) in [7, 11) is 0. The van der Waals surface area contributed by atoms with Crippen LogP contribution in [0.4, 0.5) is 4.79 Å². The van der Waals surface area contributed by atoms with Gasteiger partial charge in [-0.05, 0) is 12.1 Å². The van der Waals surface area contributed by atoms with Gasteiger partial charge in [0.25, 0.3) is 0 Å². The lowest BCUT2D eigenvalue weighted by Gasteiger charge is -2.34. The molecule has 1 atom stereocenters. The number of hydrogen-bond donors (Lipinski definition) is 3. The van der Waals surface area contributed by atoms with Crippen molar-refractivity contribution in [2.75, 3.05) is 13.1 Å². The highest BCUT2D eigenvalue weighted by Gasteiger charge is 2.34. The first-order valence-electron chi connectivity index (χ1n) is 6.38. The minimum Gasteiger partial charge on any atom is -0.481 e. The molecule has 1 aromatic heterocycles. The van der Waals surface area contributed by atoms with Crippen LogP contribution in [-0.2, 0) is 16.1 Å². The molecule has 112 valence electrons. The number of aromatic nitrogens is 2. The van der Waals surface area contributed by atoms with Crippen LogP contribution < -0.4 is 10.6 Å². The number of nitrogens with zero attached hydrogens (tertiary/aromatic N) is 3. The van der Waals surface area contributed by atoms with E-state index in [0.29, 0.717) is 12.2 Å². The van der Waals surface area contributed by atoms with E-state index in [1.165, 1.54) is 11.1 Å². The van der Waals surface area contributed by atoms with Gasteiger partial charge in [0, 0.05) is 19.3 Å². The molecule has 9 heteroatoms. The summed E-state index contributed by atoms with van der Waals surface area (Å²) in [5.41, 5.74) is 0.571. The van der Waals surface area contributed by atoms with Crippen LogP contribution >= 0.6 is 0 Å². The molecule has 2 rings (SSSR count). The molecule has 9 nitrogen and oxygen atoms in total. The molecule has 1 aromatic rings. The van der Waals surface area contributed by atoms with Crippen molar-refractivity contribution in [2.24, 2.45) is 0 Å². The third-order valence-electron chi connectivity index (χ3n) is 3.01. The van der Waals surface area contributed by atoms with Crippen LogP contribution in [0.15, 0.2) is 18.3 Å². The fourth-order valence-electron chi connectivity index (χ4n) is 2.02. The number of hydrogen-bond acceptors (Lipinski definition) is 5. The van der Waals surface area contributed by atoms with Gasteiger partial charge in [-0.15, -0.1) is 0 Å². The molecule has 0 saturated carbocycles. The zero-order valence-electron chi connectivity index (χ0n) is 11.2. The summed E-state index contributed by atoms with van der Waals surface area (Å²) in [6, 6.07) is 1.89. The Hall–Kier alpha value is -2.71. The summed E-state index contributed by atoms with van der Waals surface area (Å²) in [6.07, 6.45) is 1.09. The Balaban J connectivity index is 1.98. The molecule has 3 N–H and O–H groups in total. The van der Waals surface area contributed by atoms with E-state index in [1.54, 1.807) is 12.1 Å². The van der Waals surface area contributed by atoms with E-state index in [2.05, 4.69) is 20.8 Å². The highest BCUT2D eigenvalue weighted by Crippen LogP contribution is 2.09. The van der Waals surface area contributed by atoms with Gasteiger partial charge < -0.3 is 20.6 Å². The Bertz CT molecular complexity index is 536. The second-order valence-electron chi connectivity index (χ2n) is 4.47. The van der Waals surface area contributed by atoms with E-state index < -0.39 is 30.4 Å². The SMILES string of the molecule is O=C(O)CC1C(=O)NCCN1C(=O)NCc1cccnn1. The molecule has 0 aromatic carbocycles. The number of rotatable bonds is 4. The minimum atomic E-state index is -1.14. The topological polar surface area (TPSA) is 125 Å². The fraction of sp³-hybridized carbons (Fsp3) is 0.417. The molecule has 0 bridgehead atoms. The fourth-order valence-corrected chi connectivity index (χ4v) is 2.02. The zero-order valence-corrected chi connectivity index (χ0v) is 11.2. The number of aliphatic carboxylic acids is 1. The molecule has 1 fully saturated rings. The number of carboxylic acids is 1. The normalized spacial score (nSPS) is 18.0. The van der Waals surface area contributed by atoms with E-state index in [1.807, 2.05) is 0 Å². The summed E-state index contributed by atoms with van der Waals surface area (Å²) in [4.78, 5) is 35.8. The van der Waals surface area contributed by atoms with Crippen LogP contribution in [0.3, 0.4) is 0 Å². The standard InChI is InChI=1S/C12H15N5O4/c18-10(19)6-9-11(20)13-4-5-17(9)12(21)14-7-8-2-1-3-15-16-8/h1-3,9H,4-7H2,(H,13,20)(H,14,21)(H,18,19). The molecule has 1 unspecified atom stereocenters. The molecule has 0 aliphatic carbocycles. The molecule has 3 amide bonds. The average molecular weight is 293 g/mol. The zero-order chi connectivity index (χ0) is 15.2. The van der Waals surface area contributed by atoms with Gasteiger partial charge >= 0.3 is 12.0 Å². The highest BCUT2D eigenvalue weighted by molar-refractivity contribution is 5.91. The van der Waals surface area contributed by atoms with Gasteiger partial charge in [0.05, 0.1) is 18.7 Å². The van der Waals surface area contributed by atoms with Crippen LogP contribution in [-0.4, -0.2) is 57.2 Å². The van der Waals surface area contributed by atoms with Gasteiger partial charge in [-0.1, -0.05) is 0 Å². The molecule has 0 spiro atoms. The summed E-state index contributed by atoms with van der Waals surface area (Å²) in [5.74, 6) is -1.60. The number of amides is 3. The Morgan fingerprint density at radius 2 is 2.33 bits per heavy atom. The largest absolute Gasteiger partial charge is 0.481 e. The lowest BCUT2D eigenvalue weighted by Crippen LogP contribution is -2.59. The van der Waals surface area contributed by atoms with Crippen molar-refractivity contribution in [3.8, 4) is 0 Å². The van der Waals surface area contributed by atoms with Crippen molar-refractivity contribution in [1.29, 1.82) is 0 Å². The Morgan fingerprint density at radius 1 is 1.52 bits per heavy atom. The van der Waals surface area contributed by atoms with Gasteiger partial charge in [0.2, 0.25) is 5.91 Å².